The Balaban J connectivity index is 2.19. The molecule has 43 heavy (non-hydrogen) atoms. The van der Waals surface area contributed by atoms with Crippen LogP contribution in [0.2, 0.25) is 0 Å². The Morgan fingerprint density at radius 1 is 0.581 bits per heavy atom. The summed E-state index contributed by atoms with van der Waals surface area (Å²) in [4.78, 5) is 9.74. The molecule has 0 radical (unpaired) electrons. The summed E-state index contributed by atoms with van der Waals surface area (Å²) in [5, 5.41) is 25.8. The fourth-order valence-corrected chi connectivity index (χ4v) is 4.89. The van der Waals surface area contributed by atoms with E-state index in [4.69, 9.17) is 9.98 Å². The SMILES string of the molecule is CNCc1ccc(N=Cc2cc(C(C)(C)C)cc(C(C)(C)C)c2O)c(N=Cc2cc(C(C)(C)C)cc(C(C)(C)C)c2O)c1. The van der Waals surface area contributed by atoms with Gasteiger partial charge >= 0.3 is 0 Å². The van der Waals surface area contributed by atoms with E-state index in [2.05, 4.69) is 101 Å². The second-order valence-electron chi connectivity index (χ2n) is 15.8. The minimum Gasteiger partial charge on any atom is -0.507 e. The highest BCUT2D eigenvalue weighted by Gasteiger charge is 2.26. The third-order valence-electron chi connectivity index (χ3n) is 7.73. The number of nitrogens with one attached hydrogen (secondary N) is 1. The second-order valence-corrected chi connectivity index (χ2v) is 15.8. The largest absolute Gasteiger partial charge is 0.507 e. The molecule has 0 aliphatic carbocycles. The summed E-state index contributed by atoms with van der Waals surface area (Å²) < 4.78 is 0. The lowest BCUT2D eigenvalue weighted by atomic mass is 9.79. The third kappa shape index (κ3) is 8.35. The summed E-state index contributed by atoms with van der Waals surface area (Å²) in [6, 6.07) is 14.3. The Hall–Kier alpha value is -3.44. The van der Waals surface area contributed by atoms with Gasteiger partial charge in [0.1, 0.15) is 11.5 Å². The smallest absolute Gasteiger partial charge is 0.128 e. The molecule has 0 atom stereocenters. The first kappa shape index (κ1) is 34.1. The van der Waals surface area contributed by atoms with Crippen LogP contribution in [-0.2, 0) is 28.2 Å². The van der Waals surface area contributed by atoms with Crippen molar-refractivity contribution in [3.63, 3.8) is 0 Å². The van der Waals surface area contributed by atoms with E-state index >= 15 is 0 Å². The molecule has 0 heterocycles. The number of phenols is 2. The summed E-state index contributed by atoms with van der Waals surface area (Å²) >= 11 is 0. The molecule has 5 nitrogen and oxygen atoms in total. The number of hydrogen-bond acceptors (Lipinski definition) is 5. The molecule has 0 aromatic heterocycles. The van der Waals surface area contributed by atoms with Gasteiger partial charge < -0.3 is 15.5 Å². The van der Waals surface area contributed by atoms with Crippen molar-refractivity contribution in [2.75, 3.05) is 7.05 Å². The summed E-state index contributed by atoms with van der Waals surface area (Å²) in [5.74, 6) is 0.499. The normalized spacial score (nSPS) is 13.4. The fourth-order valence-electron chi connectivity index (χ4n) is 4.89. The number of hydrogen-bond donors (Lipinski definition) is 3. The van der Waals surface area contributed by atoms with Gasteiger partial charge in [0.15, 0.2) is 0 Å². The highest BCUT2D eigenvalue weighted by molar-refractivity contribution is 5.90. The summed E-state index contributed by atoms with van der Waals surface area (Å²) in [5.41, 5.74) is 7.23. The van der Waals surface area contributed by atoms with Gasteiger partial charge in [-0.1, -0.05) is 101 Å². The first-order valence-electron chi connectivity index (χ1n) is 15.2. The molecule has 0 fully saturated rings. The predicted octanol–water partition coefficient (Wildman–Crippen LogP) is 9.51. The van der Waals surface area contributed by atoms with Gasteiger partial charge in [0, 0.05) is 41.2 Å². The van der Waals surface area contributed by atoms with Gasteiger partial charge in [0.2, 0.25) is 0 Å². The standard InChI is InChI=1S/C38H53N3O2/c1-35(2,3)27-17-25(33(42)29(19-27)37(7,8)9)22-40-31-15-14-24(21-39-13)16-32(31)41-23-26-18-28(36(4,5)6)20-30(34(26)43)38(10,11)12/h14-20,22-23,39,42-43H,21H2,1-13H3. The van der Waals surface area contributed by atoms with Crippen LogP contribution in [0.15, 0.2) is 52.4 Å². The molecule has 3 aromatic carbocycles. The van der Waals surface area contributed by atoms with Crippen molar-refractivity contribution in [2.45, 2.75) is 111 Å². The van der Waals surface area contributed by atoms with E-state index in [1.807, 2.05) is 37.4 Å². The average Bonchev–Trinajstić information content (AvgIpc) is 2.85. The van der Waals surface area contributed by atoms with Gasteiger partial charge in [-0.15, -0.1) is 0 Å². The molecule has 0 spiro atoms. The lowest BCUT2D eigenvalue weighted by Crippen LogP contribution is -2.17. The average molecular weight is 584 g/mol. The van der Waals surface area contributed by atoms with Crippen LogP contribution in [0.3, 0.4) is 0 Å². The van der Waals surface area contributed by atoms with Gasteiger partial charge in [-0.25, -0.2) is 0 Å². The van der Waals surface area contributed by atoms with E-state index in [-0.39, 0.29) is 33.2 Å². The first-order valence-corrected chi connectivity index (χ1v) is 15.2. The Labute approximate surface area is 260 Å². The zero-order chi connectivity index (χ0) is 32.5. The van der Waals surface area contributed by atoms with Gasteiger partial charge in [0.25, 0.3) is 0 Å². The van der Waals surface area contributed by atoms with Crippen LogP contribution in [0, 0.1) is 0 Å². The zero-order valence-corrected chi connectivity index (χ0v) is 28.7. The van der Waals surface area contributed by atoms with Crippen LogP contribution in [0.5, 0.6) is 11.5 Å². The fraction of sp³-hybridized carbons (Fsp3) is 0.474. The number of nitrogens with zero attached hydrogens (tertiary/aromatic N) is 2. The highest BCUT2D eigenvalue weighted by atomic mass is 16.3. The van der Waals surface area contributed by atoms with E-state index in [0.717, 1.165) is 27.8 Å². The Bertz CT molecular complexity index is 1520. The van der Waals surface area contributed by atoms with E-state index in [0.29, 0.717) is 29.0 Å². The van der Waals surface area contributed by atoms with Crippen molar-refractivity contribution >= 4 is 23.8 Å². The van der Waals surface area contributed by atoms with Crippen molar-refractivity contribution in [3.8, 4) is 11.5 Å². The van der Waals surface area contributed by atoms with Crippen LogP contribution < -0.4 is 5.32 Å². The number of aliphatic imine (C=N–C) groups is 2. The van der Waals surface area contributed by atoms with Crippen molar-refractivity contribution in [1.82, 2.24) is 5.32 Å². The van der Waals surface area contributed by atoms with Gasteiger partial charge in [0.05, 0.1) is 11.4 Å². The Kier molecular flexibility index (Phi) is 9.72. The lowest BCUT2D eigenvalue weighted by molar-refractivity contribution is 0.443. The van der Waals surface area contributed by atoms with Crippen LogP contribution in [-0.4, -0.2) is 29.7 Å². The minimum absolute atomic E-state index is 0.0873. The molecule has 0 saturated heterocycles. The quantitative estimate of drug-likeness (QED) is 0.253. The van der Waals surface area contributed by atoms with Crippen molar-refractivity contribution in [3.05, 3.63) is 81.4 Å². The van der Waals surface area contributed by atoms with E-state index in [1.165, 1.54) is 0 Å². The maximum absolute atomic E-state index is 11.3. The molecule has 3 N–H and O–H groups in total. The molecule has 0 unspecified atom stereocenters. The van der Waals surface area contributed by atoms with Crippen molar-refractivity contribution in [2.24, 2.45) is 9.98 Å². The molecule has 0 aliphatic rings. The first-order chi connectivity index (χ1) is 19.6. The molecule has 0 amide bonds. The maximum Gasteiger partial charge on any atom is 0.128 e. The Morgan fingerprint density at radius 3 is 1.37 bits per heavy atom. The molecule has 3 aromatic rings. The van der Waals surface area contributed by atoms with Gasteiger partial charge in [-0.05, 0) is 69.7 Å². The minimum atomic E-state index is -0.231. The summed E-state index contributed by atoms with van der Waals surface area (Å²) in [7, 11) is 1.91. The van der Waals surface area contributed by atoms with Crippen LogP contribution >= 0.6 is 0 Å². The number of rotatable bonds is 6. The number of aromatic hydroxyl groups is 2. The van der Waals surface area contributed by atoms with Gasteiger partial charge in [-0.2, -0.15) is 0 Å². The molecule has 0 saturated carbocycles. The van der Waals surface area contributed by atoms with Gasteiger partial charge in [-0.3, -0.25) is 9.98 Å². The zero-order valence-electron chi connectivity index (χ0n) is 28.7. The monoisotopic (exact) mass is 583 g/mol. The van der Waals surface area contributed by atoms with Crippen LogP contribution in [0.1, 0.15) is 122 Å². The van der Waals surface area contributed by atoms with Crippen molar-refractivity contribution < 1.29 is 10.2 Å². The molecule has 232 valence electrons. The molecule has 3 rings (SSSR count). The van der Waals surface area contributed by atoms with Crippen LogP contribution in [0.25, 0.3) is 0 Å². The highest BCUT2D eigenvalue weighted by Crippen LogP contribution is 2.39. The molecular formula is C38H53N3O2. The second kappa shape index (κ2) is 12.3. The van der Waals surface area contributed by atoms with E-state index in [1.54, 1.807) is 12.4 Å². The third-order valence-corrected chi connectivity index (χ3v) is 7.73. The maximum atomic E-state index is 11.3. The van der Waals surface area contributed by atoms with Crippen LogP contribution in [0.4, 0.5) is 11.4 Å². The molecular weight excluding hydrogens is 530 g/mol. The topological polar surface area (TPSA) is 77.2 Å². The molecule has 0 aliphatic heterocycles. The van der Waals surface area contributed by atoms with E-state index < -0.39 is 0 Å². The van der Waals surface area contributed by atoms with Crippen molar-refractivity contribution in [1.29, 1.82) is 0 Å². The lowest BCUT2D eigenvalue weighted by Gasteiger charge is -2.27. The number of phenolic OH excluding ortho intramolecular Hbond substituents is 2. The Morgan fingerprint density at radius 2 is 1.00 bits per heavy atom. The molecule has 0 bridgehead atoms. The predicted molar refractivity (Wildman–Crippen MR) is 185 cm³/mol. The summed E-state index contributed by atoms with van der Waals surface area (Å²) in [6.07, 6.45) is 3.48. The molecule has 5 heteroatoms. The number of benzene rings is 3. The summed E-state index contributed by atoms with van der Waals surface area (Å²) in [6.45, 7) is 26.4. The van der Waals surface area contributed by atoms with E-state index in [9.17, 15) is 10.2 Å².